The van der Waals surface area contributed by atoms with Gasteiger partial charge in [-0.05, 0) is 0 Å². The van der Waals surface area contributed by atoms with Crippen molar-refractivity contribution < 1.29 is 0 Å². The summed E-state index contributed by atoms with van der Waals surface area (Å²) in [4.78, 5) is 0. The van der Waals surface area contributed by atoms with E-state index in [1.165, 1.54) is 11.3 Å². The predicted octanol–water partition coefficient (Wildman–Crippen LogP) is 0.849. The maximum absolute atomic E-state index is 5.32. The Morgan fingerprint density at radius 1 is 1.67 bits per heavy atom. The Kier molecular flexibility index (Phi) is 1.79. The Morgan fingerprint density at radius 2 is 2.44 bits per heavy atom. The van der Waals surface area contributed by atoms with Crippen LogP contribution in [-0.4, -0.2) is 10.2 Å². The Hall–Kier alpha value is -0.900. The highest BCUT2D eigenvalue weighted by Gasteiger charge is 1.95. The highest BCUT2D eigenvalue weighted by molar-refractivity contribution is 7.15. The molecule has 48 valence electrons. The summed E-state index contributed by atoms with van der Waals surface area (Å²) in [6.45, 7) is 3.56. The summed E-state index contributed by atoms with van der Waals surface area (Å²) >= 11 is 1.40. The van der Waals surface area contributed by atoms with E-state index in [4.69, 9.17) is 5.73 Å². The molecule has 0 unspecified atom stereocenters. The topological polar surface area (TPSA) is 51.8 Å². The molecule has 0 fully saturated rings. The van der Waals surface area contributed by atoms with E-state index in [2.05, 4.69) is 16.8 Å². The molecule has 0 bridgehead atoms. The Labute approximate surface area is 57.2 Å². The van der Waals surface area contributed by atoms with Crippen LogP contribution >= 0.6 is 11.3 Å². The molecule has 1 rings (SSSR count). The van der Waals surface area contributed by atoms with Crippen molar-refractivity contribution >= 4 is 16.5 Å². The third-order valence-electron chi connectivity index (χ3n) is 0.801. The van der Waals surface area contributed by atoms with Crippen LogP contribution in [0.2, 0.25) is 0 Å². The van der Waals surface area contributed by atoms with E-state index in [0.717, 1.165) is 11.4 Å². The molecule has 0 atom stereocenters. The van der Waals surface area contributed by atoms with Crippen LogP contribution in [0, 0.1) is 0 Å². The number of aromatic nitrogens is 2. The van der Waals surface area contributed by atoms with Crippen LogP contribution in [0.4, 0.5) is 5.13 Å². The van der Waals surface area contributed by atoms with Crippen molar-refractivity contribution in [3.8, 4) is 0 Å². The molecule has 0 spiro atoms. The van der Waals surface area contributed by atoms with Gasteiger partial charge in [-0.3, -0.25) is 0 Å². The molecule has 1 aromatic rings. The number of nitrogens with zero attached hydrogens (tertiary/aromatic N) is 2. The first-order chi connectivity index (χ1) is 4.33. The number of nitrogens with two attached hydrogens (primary N) is 1. The molecule has 4 heteroatoms. The first-order valence-electron chi connectivity index (χ1n) is 2.51. The van der Waals surface area contributed by atoms with Gasteiger partial charge in [0.2, 0.25) is 5.13 Å². The van der Waals surface area contributed by atoms with Crippen molar-refractivity contribution in [2.75, 3.05) is 5.73 Å². The lowest BCUT2D eigenvalue weighted by Gasteiger charge is -1.78. The molecule has 0 aliphatic rings. The fourth-order valence-electron chi connectivity index (χ4n) is 0.473. The molecule has 0 aliphatic carbocycles. The van der Waals surface area contributed by atoms with Crippen LogP contribution in [-0.2, 0) is 6.42 Å². The second-order valence-electron chi connectivity index (χ2n) is 1.53. The van der Waals surface area contributed by atoms with Gasteiger partial charge >= 0.3 is 0 Å². The van der Waals surface area contributed by atoms with Crippen molar-refractivity contribution in [1.82, 2.24) is 10.2 Å². The van der Waals surface area contributed by atoms with E-state index >= 15 is 0 Å². The normalized spacial score (nSPS) is 9.33. The second-order valence-corrected chi connectivity index (χ2v) is 2.62. The average Bonchev–Trinajstić information content (AvgIpc) is 2.17. The molecule has 0 amide bonds. The highest BCUT2D eigenvalue weighted by Crippen LogP contribution is 2.10. The van der Waals surface area contributed by atoms with Gasteiger partial charge in [-0.1, -0.05) is 17.4 Å². The number of allylic oxidation sites excluding steroid dienone is 1. The zero-order valence-corrected chi connectivity index (χ0v) is 5.69. The Morgan fingerprint density at radius 3 is 2.89 bits per heavy atom. The zero-order chi connectivity index (χ0) is 6.69. The van der Waals surface area contributed by atoms with Crippen LogP contribution in [0.5, 0.6) is 0 Å². The summed E-state index contributed by atoms with van der Waals surface area (Å²) in [5.74, 6) is 0. The van der Waals surface area contributed by atoms with Crippen LogP contribution in [0.25, 0.3) is 0 Å². The van der Waals surface area contributed by atoms with Gasteiger partial charge in [-0.25, -0.2) is 0 Å². The summed E-state index contributed by atoms with van der Waals surface area (Å²) in [6, 6.07) is 0. The maximum atomic E-state index is 5.32. The van der Waals surface area contributed by atoms with E-state index < -0.39 is 0 Å². The smallest absolute Gasteiger partial charge is 0.203 e. The third-order valence-corrected chi connectivity index (χ3v) is 1.58. The van der Waals surface area contributed by atoms with Gasteiger partial charge in [0.25, 0.3) is 0 Å². The fourth-order valence-corrected chi connectivity index (χ4v) is 1.08. The predicted molar refractivity (Wildman–Crippen MR) is 38.2 cm³/mol. The third kappa shape index (κ3) is 1.50. The molecule has 0 saturated carbocycles. The van der Waals surface area contributed by atoms with Gasteiger partial charge < -0.3 is 5.73 Å². The van der Waals surface area contributed by atoms with E-state index in [1.54, 1.807) is 6.08 Å². The summed E-state index contributed by atoms with van der Waals surface area (Å²) in [6.07, 6.45) is 2.54. The van der Waals surface area contributed by atoms with Crippen molar-refractivity contribution in [1.29, 1.82) is 0 Å². The number of hydrogen-bond donors (Lipinski definition) is 1. The maximum Gasteiger partial charge on any atom is 0.203 e. The summed E-state index contributed by atoms with van der Waals surface area (Å²) in [7, 11) is 0. The minimum Gasteiger partial charge on any atom is -0.374 e. The van der Waals surface area contributed by atoms with E-state index in [-0.39, 0.29) is 0 Å². The van der Waals surface area contributed by atoms with Crippen molar-refractivity contribution in [3.63, 3.8) is 0 Å². The molecule has 1 aromatic heterocycles. The quantitative estimate of drug-likeness (QED) is 0.621. The van der Waals surface area contributed by atoms with Gasteiger partial charge in [0.15, 0.2) is 0 Å². The Balaban J connectivity index is 2.72. The highest BCUT2D eigenvalue weighted by atomic mass is 32.1. The van der Waals surface area contributed by atoms with Crippen molar-refractivity contribution in [3.05, 3.63) is 17.7 Å². The minimum atomic E-state index is 0.520. The van der Waals surface area contributed by atoms with Gasteiger partial charge in [0.1, 0.15) is 5.01 Å². The van der Waals surface area contributed by atoms with Gasteiger partial charge in [-0.2, -0.15) is 0 Å². The van der Waals surface area contributed by atoms with E-state index in [1.807, 2.05) is 0 Å². The van der Waals surface area contributed by atoms with Crippen LogP contribution in [0.1, 0.15) is 5.01 Å². The molecule has 2 N–H and O–H groups in total. The second kappa shape index (κ2) is 2.59. The monoisotopic (exact) mass is 141 g/mol. The molecule has 0 aliphatic heterocycles. The lowest BCUT2D eigenvalue weighted by molar-refractivity contribution is 1.02. The molecule has 1 heterocycles. The molecular formula is C5H7N3S. The summed E-state index contributed by atoms with van der Waals surface area (Å²) in [5.41, 5.74) is 5.32. The minimum absolute atomic E-state index is 0.520. The molecule has 9 heavy (non-hydrogen) atoms. The summed E-state index contributed by atoms with van der Waals surface area (Å²) < 4.78 is 0. The van der Waals surface area contributed by atoms with Crippen LogP contribution in [0.3, 0.4) is 0 Å². The van der Waals surface area contributed by atoms with E-state index in [9.17, 15) is 0 Å². The molecule has 0 radical (unpaired) electrons. The van der Waals surface area contributed by atoms with Crippen LogP contribution in [0.15, 0.2) is 12.7 Å². The molecule has 0 saturated heterocycles. The number of anilines is 1. The molecule has 3 nitrogen and oxygen atoms in total. The standard InChI is InChI=1S/C5H7N3S/c1-2-3-4-7-8-5(6)9-4/h2H,1,3H2,(H2,6,8). The van der Waals surface area contributed by atoms with Crippen molar-refractivity contribution in [2.45, 2.75) is 6.42 Å². The molecular weight excluding hydrogens is 134 g/mol. The lowest BCUT2D eigenvalue weighted by atomic mass is 10.5. The molecule has 0 aromatic carbocycles. The number of nitrogen functional groups attached to an aromatic ring is 1. The van der Waals surface area contributed by atoms with Crippen molar-refractivity contribution in [2.24, 2.45) is 0 Å². The fraction of sp³-hybridized carbons (Fsp3) is 0.200. The summed E-state index contributed by atoms with van der Waals surface area (Å²) in [5, 5.41) is 8.85. The first kappa shape index (κ1) is 6.22. The number of rotatable bonds is 2. The van der Waals surface area contributed by atoms with Gasteiger partial charge in [-0.15, -0.1) is 16.8 Å². The SMILES string of the molecule is C=CCc1nnc(N)s1. The number of hydrogen-bond acceptors (Lipinski definition) is 4. The van der Waals surface area contributed by atoms with Crippen LogP contribution < -0.4 is 5.73 Å². The first-order valence-corrected chi connectivity index (χ1v) is 3.33. The zero-order valence-electron chi connectivity index (χ0n) is 4.87. The Bertz CT molecular complexity index is 206. The van der Waals surface area contributed by atoms with E-state index in [0.29, 0.717) is 5.13 Å². The average molecular weight is 141 g/mol. The largest absolute Gasteiger partial charge is 0.374 e. The van der Waals surface area contributed by atoms with Gasteiger partial charge in [0.05, 0.1) is 0 Å². The van der Waals surface area contributed by atoms with Gasteiger partial charge in [0, 0.05) is 6.42 Å². The lowest BCUT2D eigenvalue weighted by Crippen LogP contribution is -1.80.